The van der Waals surface area contributed by atoms with E-state index < -0.39 is 0 Å². The van der Waals surface area contributed by atoms with Gasteiger partial charge in [0.2, 0.25) is 5.91 Å². The number of nitriles is 1. The average Bonchev–Trinajstić information content (AvgIpc) is 3.16. The van der Waals surface area contributed by atoms with Crippen molar-refractivity contribution in [2.45, 2.75) is 6.42 Å². The molecule has 2 aromatic rings. The third kappa shape index (κ3) is 3.21. The first kappa shape index (κ1) is 14.8. The molecule has 0 radical (unpaired) electrons. The van der Waals surface area contributed by atoms with Crippen LogP contribution in [-0.2, 0) is 4.79 Å². The van der Waals surface area contributed by atoms with Crippen molar-refractivity contribution in [2.24, 2.45) is 5.92 Å². The SMILES string of the molecule is N#CN1CCC(C(=O)Nc2ncc(-c3cccc(Cl)c3)s2)C1. The molecule has 22 heavy (non-hydrogen) atoms. The van der Waals surface area contributed by atoms with Gasteiger partial charge in [0.05, 0.1) is 10.8 Å². The predicted molar refractivity (Wildman–Crippen MR) is 86.5 cm³/mol. The lowest BCUT2D eigenvalue weighted by Crippen LogP contribution is -2.25. The van der Waals surface area contributed by atoms with E-state index in [2.05, 4.69) is 16.5 Å². The van der Waals surface area contributed by atoms with Crippen LogP contribution < -0.4 is 5.32 Å². The van der Waals surface area contributed by atoms with Crippen molar-refractivity contribution in [1.82, 2.24) is 9.88 Å². The minimum Gasteiger partial charge on any atom is -0.310 e. The van der Waals surface area contributed by atoms with Crippen LogP contribution in [0.25, 0.3) is 10.4 Å². The maximum absolute atomic E-state index is 12.2. The number of carbonyl (C=O) groups excluding carboxylic acids is 1. The van der Waals surface area contributed by atoms with Crippen LogP contribution in [-0.4, -0.2) is 28.9 Å². The molecule has 1 aliphatic heterocycles. The first-order valence-electron chi connectivity index (χ1n) is 6.83. The van der Waals surface area contributed by atoms with Gasteiger partial charge < -0.3 is 10.2 Å². The highest BCUT2D eigenvalue weighted by atomic mass is 35.5. The van der Waals surface area contributed by atoms with Gasteiger partial charge in [0.15, 0.2) is 11.3 Å². The van der Waals surface area contributed by atoms with Crippen LogP contribution in [0, 0.1) is 17.4 Å². The molecule has 112 valence electrons. The average molecular weight is 333 g/mol. The number of amides is 1. The molecule has 1 unspecified atom stereocenters. The van der Waals surface area contributed by atoms with Crippen molar-refractivity contribution < 1.29 is 4.79 Å². The summed E-state index contributed by atoms with van der Waals surface area (Å²) < 4.78 is 0. The minimum atomic E-state index is -0.154. The molecule has 1 fully saturated rings. The molecule has 0 aliphatic carbocycles. The molecule has 1 N–H and O–H groups in total. The summed E-state index contributed by atoms with van der Waals surface area (Å²) in [6.45, 7) is 1.12. The quantitative estimate of drug-likeness (QED) is 0.876. The molecular weight excluding hydrogens is 320 g/mol. The van der Waals surface area contributed by atoms with Crippen molar-refractivity contribution in [3.63, 3.8) is 0 Å². The van der Waals surface area contributed by atoms with E-state index in [1.807, 2.05) is 24.3 Å². The Morgan fingerprint density at radius 3 is 3.14 bits per heavy atom. The summed E-state index contributed by atoms with van der Waals surface area (Å²) in [5.74, 6) is -0.233. The van der Waals surface area contributed by atoms with Gasteiger partial charge in [-0.25, -0.2) is 4.98 Å². The minimum absolute atomic E-state index is 0.0789. The van der Waals surface area contributed by atoms with Crippen LogP contribution in [0.2, 0.25) is 5.02 Å². The van der Waals surface area contributed by atoms with E-state index in [0.29, 0.717) is 29.7 Å². The van der Waals surface area contributed by atoms with Crippen LogP contribution in [0.4, 0.5) is 5.13 Å². The highest BCUT2D eigenvalue weighted by Gasteiger charge is 2.28. The van der Waals surface area contributed by atoms with Gasteiger partial charge in [0.25, 0.3) is 0 Å². The van der Waals surface area contributed by atoms with Crippen molar-refractivity contribution in [1.29, 1.82) is 5.26 Å². The third-order valence-corrected chi connectivity index (χ3v) is 4.74. The first-order chi connectivity index (χ1) is 10.7. The molecule has 1 aromatic carbocycles. The second kappa shape index (κ2) is 6.34. The summed E-state index contributed by atoms with van der Waals surface area (Å²) in [7, 11) is 0. The van der Waals surface area contributed by atoms with Gasteiger partial charge in [-0.1, -0.05) is 35.1 Å². The Morgan fingerprint density at radius 1 is 1.55 bits per heavy atom. The molecular formula is C15H13ClN4OS. The van der Waals surface area contributed by atoms with E-state index in [-0.39, 0.29) is 11.8 Å². The summed E-state index contributed by atoms with van der Waals surface area (Å²) in [6, 6.07) is 7.51. The Bertz CT molecular complexity index is 739. The number of nitrogens with one attached hydrogen (secondary N) is 1. The number of hydrogen-bond acceptors (Lipinski definition) is 5. The molecule has 2 heterocycles. The number of aromatic nitrogens is 1. The van der Waals surface area contributed by atoms with Gasteiger partial charge in [-0.05, 0) is 24.1 Å². The van der Waals surface area contributed by atoms with E-state index in [9.17, 15) is 4.79 Å². The lowest BCUT2D eigenvalue weighted by Gasteiger charge is -2.08. The lowest BCUT2D eigenvalue weighted by molar-refractivity contribution is -0.119. The summed E-state index contributed by atoms with van der Waals surface area (Å²) >= 11 is 7.39. The van der Waals surface area contributed by atoms with Gasteiger partial charge in [0.1, 0.15) is 0 Å². The van der Waals surface area contributed by atoms with Crippen molar-refractivity contribution in [2.75, 3.05) is 18.4 Å². The number of halogens is 1. The zero-order valence-corrected chi connectivity index (χ0v) is 13.2. The molecule has 3 rings (SSSR count). The predicted octanol–water partition coefficient (Wildman–Crippen LogP) is 3.20. The molecule has 0 spiro atoms. The molecule has 1 amide bonds. The number of carbonyl (C=O) groups is 1. The number of benzene rings is 1. The fourth-order valence-corrected chi connectivity index (χ4v) is 3.39. The van der Waals surface area contributed by atoms with Gasteiger partial charge in [-0.15, -0.1) is 0 Å². The molecule has 1 aliphatic rings. The maximum atomic E-state index is 12.2. The third-order valence-electron chi connectivity index (χ3n) is 3.55. The molecule has 1 atom stereocenters. The van der Waals surface area contributed by atoms with Crippen LogP contribution in [0.3, 0.4) is 0 Å². The molecule has 1 saturated heterocycles. The van der Waals surface area contributed by atoms with Gasteiger partial charge in [-0.2, -0.15) is 5.26 Å². The van der Waals surface area contributed by atoms with E-state index in [1.165, 1.54) is 11.3 Å². The number of hydrogen-bond donors (Lipinski definition) is 1. The zero-order chi connectivity index (χ0) is 15.5. The Hall–Kier alpha value is -2.10. The first-order valence-corrected chi connectivity index (χ1v) is 8.02. The smallest absolute Gasteiger partial charge is 0.231 e. The monoisotopic (exact) mass is 332 g/mol. The Kier molecular flexibility index (Phi) is 4.27. The topological polar surface area (TPSA) is 69.0 Å². The van der Waals surface area contributed by atoms with Crippen molar-refractivity contribution in [3.8, 4) is 16.6 Å². The van der Waals surface area contributed by atoms with E-state index in [0.717, 1.165) is 10.4 Å². The van der Waals surface area contributed by atoms with Crippen LogP contribution in [0.1, 0.15) is 6.42 Å². The van der Waals surface area contributed by atoms with Gasteiger partial charge in [0, 0.05) is 24.3 Å². The summed E-state index contributed by atoms with van der Waals surface area (Å²) in [6.07, 6.45) is 4.50. The van der Waals surface area contributed by atoms with Gasteiger partial charge >= 0.3 is 0 Å². The van der Waals surface area contributed by atoms with Crippen LogP contribution >= 0.6 is 22.9 Å². The molecule has 0 bridgehead atoms. The fraction of sp³-hybridized carbons (Fsp3) is 0.267. The Balaban J connectivity index is 1.67. The summed E-state index contributed by atoms with van der Waals surface area (Å²) in [4.78, 5) is 19.0. The van der Waals surface area contributed by atoms with E-state index >= 15 is 0 Å². The van der Waals surface area contributed by atoms with Crippen LogP contribution in [0.5, 0.6) is 0 Å². The second-order valence-electron chi connectivity index (χ2n) is 5.06. The highest BCUT2D eigenvalue weighted by Crippen LogP contribution is 2.31. The maximum Gasteiger partial charge on any atom is 0.231 e. The number of anilines is 1. The molecule has 0 saturated carbocycles. The largest absolute Gasteiger partial charge is 0.310 e. The standard InChI is InChI=1S/C15H13ClN4OS/c16-12-3-1-2-10(6-12)13-7-18-15(22-13)19-14(21)11-4-5-20(8-11)9-17/h1-3,6-7,11H,4-5,8H2,(H,18,19,21). The van der Waals surface area contributed by atoms with Gasteiger partial charge in [-0.3, -0.25) is 4.79 Å². The fourth-order valence-electron chi connectivity index (χ4n) is 2.38. The van der Waals surface area contributed by atoms with Crippen LogP contribution in [0.15, 0.2) is 30.5 Å². The normalized spacial score (nSPS) is 17.3. The summed E-state index contributed by atoms with van der Waals surface area (Å²) in [5.41, 5.74) is 0.974. The number of likely N-dealkylation sites (tertiary alicyclic amines) is 1. The number of rotatable bonds is 3. The Labute approximate surface area is 137 Å². The second-order valence-corrected chi connectivity index (χ2v) is 6.53. The lowest BCUT2D eigenvalue weighted by atomic mass is 10.1. The van der Waals surface area contributed by atoms with E-state index in [1.54, 1.807) is 11.1 Å². The highest BCUT2D eigenvalue weighted by molar-refractivity contribution is 7.19. The molecule has 1 aromatic heterocycles. The summed E-state index contributed by atoms with van der Waals surface area (Å²) in [5, 5.41) is 12.9. The molecule has 5 nitrogen and oxygen atoms in total. The number of nitrogens with zero attached hydrogens (tertiary/aromatic N) is 3. The van der Waals surface area contributed by atoms with Crippen molar-refractivity contribution >= 4 is 34.0 Å². The van der Waals surface area contributed by atoms with Crippen molar-refractivity contribution in [3.05, 3.63) is 35.5 Å². The van der Waals surface area contributed by atoms with E-state index in [4.69, 9.17) is 16.9 Å². The molecule has 7 heteroatoms. The number of thiazole rings is 1. The zero-order valence-electron chi connectivity index (χ0n) is 11.6. The Morgan fingerprint density at radius 2 is 2.41 bits per heavy atom.